The van der Waals surface area contributed by atoms with Crippen LogP contribution in [0.25, 0.3) is 0 Å². The topological polar surface area (TPSA) is 9.23 Å². The summed E-state index contributed by atoms with van der Waals surface area (Å²) in [6.45, 7) is 0. The third-order valence-electron chi connectivity index (χ3n) is 2.95. The van der Waals surface area contributed by atoms with E-state index in [0.29, 0.717) is 11.3 Å². The van der Waals surface area contributed by atoms with Gasteiger partial charge < -0.3 is 4.74 Å². The Hall–Kier alpha value is -0.690. The summed E-state index contributed by atoms with van der Waals surface area (Å²) in [6.07, 6.45) is 3.40. The standard InChI is InChI=1S/C12H15ClO/c1-14-12-5-3-2-4-11(12)9-6-7-10(13)8-9/h2-5,9-10H,6-8H2,1H3. The maximum atomic E-state index is 6.11. The Balaban J connectivity index is 2.22. The van der Waals surface area contributed by atoms with Crippen molar-refractivity contribution in [2.24, 2.45) is 0 Å². The summed E-state index contributed by atoms with van der Waals surface area (Å²) in [7, 11) is 1.73. The Kier molecular flexibility index (Phi) is 2.97. The lowest BCUT2D eigenvalue weighted by Gasteiger charge is -2.13. The molecule has 1 nitrogen and oxygen atoms in total. The lowest BCUT2D eigenvalue weighted by molar-refractivity contribution is 0.405. The number of ether oxygens (including phenoxy) is 1. The van der Waals surface area contributed by atoms with Gasteiger partial charge in [0.2, 0.25) is 0 Å². The van der Waals surface area contributed by atoms with E-state index in [1.54, 1.807) is 7.11 Å². The second-order valence-electron chi connectivity index (χ2n) is 3.85. The van der Waals surface area contributed by atoms with Crippen molar-refractivity contribution in [3.05, 3.63) is 29.8 Å². The normalized spacial score (nSPS) is 26.4. The van der Waals surface area contributed by atoms with E-state index >= 15 is 0 Å². The first kappa shape index (κ1) is 9.85. The van der Waals surface area contributed by atoms with Crippen LogP contribution in [0.5, 0.6) is 5.75 Å². The van der Waals surface area contributed by atoms with E-state index in [0.717, 1.165) is 18.6 Å². The quantitative estimate of drug-likeness (QED) is 0.679. The molecule has 76 valence electrons. The molecule has 1 aliphatic carbocycles. The Labute approximate surface area is 90.0 Å². The van der Waals surface area contributed by atoms with Crippen LogP contribution in [0.3, 0.4) is 0 Å². The fourth-order valence-electron chi connectivity index (χ4n) is 2.21. The van der Waals surface area contributed by atoms with Crippen LogP contribution in [0, 0.1) is 0 Å². The largest absolute Gasteiger partial charge is 0.496 e. The molecule has 1 aromatic rings. The molecule has 2 unspecified atom stereocenters. The van der Waals surface area contributed by atoms with Gasteiger partial charge in [0.05, 0.1) is 7.11 Å². The van der Waals surface area contributed by atoms with Crippen molar-refractivity contribution in [2.75, 3.05) is 7.11 Å². The average Bonchev–Trinajstić information content (AvgIpc) is 2.65. The van der Waals surface area contributed by atoms with Gasteiger partial charge in [-0.15, -0.1) is 11.6 Å². The van der Waals surface area contributed by atoms with Crippen LogP contribution in [0.2, 0.25) is 0 Å². The molecule has 0 N–H and O–H groups in total. The van der Waals surface area contributed by atoms with Crippen LogP contribution in [0.4, 0.5) is 0 Å². The van der Waals surface area contributed by atoms with E-state index < -0.39 is 0 Å². The number of methoxy groups -OCH3 is 1. The van der Waals surface area contributed by atoms with Crippen LogP contribution in [-0.2, 0) is 0 Å². The van der Waals surface area contributed by atoms with Gasteiger partial charge in [-0.1, -0.05) is 18.2 Å². The van der Waals surface area contributed by atoms with Crippen molar-refractivity contribution in [3.63, 3.8) is 0 Å². The molecule has 0 saturated heterocycles. The maximum absolute atomic E-state index is 6.11. The fraction of sp³-hybridized carbons (Fsp3) is 0.500. The molecule has 14 heavy (non-hydrogen) atoms. The average molecular weight is 211 g/mol. The number of halogens is 1. The zero-order valence-corrected chi connectivity index (χ0v) is 9.13. The van der Waals surface area contributed by atoms with Gasteiger partial charge in [0, 0.05) is 5.38 Å². The van der Waals surface area contributed by atoms with Crippen molar-refractivity contribution in [1.82, 2.24) is 0 Å². The number of hydrogen-bond donors (Lipinski definition) is 0. The van der Waals surface area contributed by atoms with Gasteiger partial charge in [-0.25, -0.2) is 0 Å². The first-order valence-corrected chi connectivity index (χ1v) is 5.52. The lowest BCUT2D eigenvalue weighted by atomic mass is 9.97. The molecular formula is C12H15ClO. The van der Waals surface area contributed by atoms with Gasteiger partial charge in [0.25, 0.3) is 0 Å². The molecule has 0 aliphatic heterocycles. The number of benzene rings is 1. The smallest absolute Gasteiger partial charge is 0.122 e. The predicted octanol–water partition coefficient (Wildman–Crippen LogP) is 3.57. The van der Waals surface area contributed by atoms with E-state index in [-0.39, 0.29) is 0 Å². The molecule has 2 rings (SSSR count). The van der Waals surface area contributed by atoms with E-state index in [1.165, 1.54) is 12.0 Å². The van der Waals surface area contributed by atoms with Gasteiger partial charge in [0.15, 0.2) is 0 Å². The Morgan fingerprint density at radius 1 is 1.29 bits per heavy atom. The minimum absolute atomic E-state index is 0.352. The molecule has 0 bridgehead atoms. The second kappa shape index (κ2) is 4.22. The van der Waals surface area contributed by atoms with Crippen molar-refractivity contribution < 1.29 is 4.74 Å². The Morgan fingerprint density at radius 3 is 2.71 bits per heavy atom. The third-order valence-corrected chi connectivity index (χ3v) is 3.34. The second-order valence-corrected chi connectivity index (χ2v) is 4.47. The molecule has 1 aromatic carbocycles. The fourth-order valence-corrected chi connectivity index (χ4v) is 2.55. The Bertz CT molecular complexity index is 311. The number of para-hydroxylation sites is 1. The van der Waals surface area contributed by atoms with Crippen LogP contribution in [0.15, 0.2) is 24.3 Å². The van der Waals surface area contributed by atoms with Crippen LogP contribution in [-0.4, -0.2) is 12.5 Å². The zero-order valence-electron chi connectivity index (χ0n) is 8.37. The summed E-state index contributed by atoms with van der Waals surface area (Å²) in [4.78, 5) is 0. The summed E-state index contributed by atoms with van der Waals surface area (Å²) >= 11 is 6.11. The third kappa shape index (κ3) is 1.88. The van der Waals surface area contributed by atoms with Crippen LogP contribution >= 0.6 is 11.6 Å². The summed E-state index contributed by atoms with van der Waals surface area (Å²) in [6, 6.07) is 8.25. The molecule has 0 heterocycles. The van der Waals surface area contributed by atoms with Gasteiger partial charge in [-0.05, 0) is 36.8 Å². The van der Waals surface area contributed by atoms with E-state index in [2.05, 4.69) is 12.1 Å². The van der Waals surface area contributed by atoms with Gasteiger partial charge >= 0.3 is 0 Å². The molecule has 2 atom stereocenters. The molecule has 0 amide bonds. The summed E-state index contributed by atoms with van der Waals surface area (Å²) < 4.78 is 5.35. The molecule has 0 radical (unpaired) electrons. The maximum Gasteiger partial charge on any atom is 0.122 e. The Morgan fingerprint density at radius 2 is 2.07 bits per heavy atom. The highest BCUT2D eigenvalue weighted by Gasteiger charge is 2.25. The highest BCUT2D eigenvalue weighted by Crippen LogP contribution is 2.40. The van der Waals surface area contributed by atoms with Crippen molar-refractivity contribution in [2.45, 2.75) is 30.6 Å². The predicted molar refractivity (Wildman–Crippen MR) is 59.2 cm³/mol. The lowest BCUT2D eigenvalue weighted by Crippen LogP contribution is -1.97. The number of hydrogen-bond acceptors (Lipinski definition) is 1. The molecule has 0 spiro atoms. The van der Waals surface area contributed by atoms with E-state index in [9.17, 15) is 0 Å². The highest BCUT2D eigenvalue weighted by molar-refractivity contribution is 6.20. The molecule has 1 saturated carbocycles. The molecular weight excluding hydrogens is 196 g/mol. The van der Waals surface area contributed by atoms with Crippen LogP contribution < -0.4 is 4.74 Å². The zero-order chi connectivity index (χ0) is 9.97. The summed E-state index contributed by atoms with van der Waals surface area (Å²) in [5.74, 6) is 1.59. The molecule has 0 aromatic heterocycles. The molecule has 1 fully saturated rings. The van der Waals surface area contributed by atoms with Gasteiger partial charge in [-0.2, -0.15) is 0 Å². The molecule has 1 aliphatic rings. The first-order chi connectivity index (χ1) is 6.81. The monoisotopic (exact) mass is 210 g/mol. The van der Waals surface area contributed by atoms with Crippen molar-refractivity contribution in [3.8, 4) is 5.75 Å². The summed E-state index contributed by atoms with van der Waals surface area (Å²) in [5.41, 5.74) is 1.32. The number of rotatable bonds is 2. The van der Waals surface area contributed by atoms with Gasteiger partial charge in [0.1, 0.15) is 5.75 Å². The van der Waals surface area contributed by atoms with Crippen molar-refractivity contribution in [1.29, 1.82) is 0 Å². The highest BCUT2D eigenvalue weighted by atomic mass is 35.5. The molecule has 2 heteroatoms. The minimum atomic E-state index is 0.352. The van der Waals surface area contributed by atoms with Gasteiger partial charge in [-0.3, -0.25) is 0 Å². The van der Waals surface area contributed by atoms with Crippen molar-refractivity contribution >= 4 is 11.6 Å². The van der Waals surface area contributed by atoms with Crippen LogP contribution in [0.1, 0.15) is 30.7 Å². The first-order valence-electron chi connectivity index (χ1n) is 5.08. The minimum Gasteiger partial charge on any atom is -0.496 e. The van der Waals surface area contributed by atoms with E-state index in [1.807, 2.05) is 12.1 Å². The SMILES string of the molecule is COc1ccccc1C1CCC(Cl)C1. The van der Waals surface area contributed by atoms with E-state index in [4.69, 9.17) is 16.3 Å². The number of alkyl halides is 1. The summed E-state index contributed by atoms with van der Waals surface area (Å²) in [5, 5.41) is 0.352.